The van der Waals surface area contributed by atoms with E-state index in [1.165, 1.54) is 19.2 Å². The van der Waals surface area contributed by atoms with E-state index < -0.39 is 5.97 Å². The Morgan fingerprint density at radius 2 is 2.14 bits per heavy atom. The van der Waals surface area contributed by atoms with Crippen LogP contribution in [0.5, 0.6) is 0 Å². The number of H-pyrrole nitrogens is 1. The lowest BCUT2D eigenvalue weighted by atomic mass is 9.97. The average Bonchev–Trinajstić information content (AvgIpc) is 2.86. The van der Waals surface area contributed by atoms with E-state index in [0.29, 0.717) is 17.9 Å². The van der Waals surface area contributed by atoms with E-state index in [-0.39, 0.29) is 5.82 Å². The predicted molar refractivity (Wildman–Crippen MR) is 84.0 cm³/mol. The molecule has 2 heterocycles. The van der Waals surface area contributed by atoms with Gasteiger partial charge in [-0.1, -0.05) is 0 Å². The van der Waals surface area contributed by atoms with Crippen molar-refractivity contribution >= 4 is 17.5 Å². The SMILES string of the molecule is COC(=O)c1c(N(C)C)[nH]c2c1CN(C)c1ccc(F)cc1-2. The van der Waals surface area contributed by atoms with Crippen molar-refractivity contribution in [2.45, 2.75) is 6.54 Å². The van der Waals surface area contributed by atoms with Gasteiger partial charge in [0, 0.05) is 44.5 Å². The van der Waals surface area contributed by atoms with Crippen LogP contribution in [0.15, 0.2) is 18.2 Å². The molecular weight excluding hydrogens is 285 g/mol. The van der Waals surface area contributed by atoms with Crippen molar-refractivity contribution in [2.75, 3.05) is 38.1 Å². The third-order valence-electron chi connectivity index (χ3n) is 3.95. The number of esters is 1. The van der Waals surface area contributed by atoms with E-state index in [1.807, 2.05) is 30.9 Å². The minimum atomic E-state index is -0.394. The van der Waals surface area contributed by atoms with Gasteiger partial charge < -0.3 is 19.5 Å². The zero-order valence-corrected chi connectivity index (χ0v) is 13.0. The molecule has 6 heteroatoms. The van der Waals surface area contributed by atoms with Crippen LogP contribution in [0.1, 0.15) is 15.9 Å². The molecule has 0 saturated heterocycles. The largest absolute Gasteiger partial charge is 0.465 e. The van der Waals surface area contributed by atoms with Gasteiger partial charge in [0.15, 0.2) is 0 Å². The summed E-state index contributed by atoms with van der Waals surface area (Å²) >= 11 is 0. The maximum Gasteiger partial charge on any atom is 0.341 e. The lowest BCUT2D eigenvalue weighted by Crippen LogP contribution is -2.23. The highest BCUT2D eigenvalue weighted by Crippen LogP contribution is 2.42. The number of carbonyl (C=O) groups is 1. The van der Waals surface area contributed by atoms with Crippen molar-refractivity contribution in [1.29, 1.82) is 0 Å². The molecule has 1 aliphatic heterocycles. The molecule has 0 unspecified atom stereocenters. The van der Waals surface area contributed by atoms with E-state index >= 15 is 0 Å². The second kappa shape index (κ2) is 5.05. The van der Waals surface area contributed by atoms with Crippen LogP contribution < -0.4 is 9.80 Å². The van der Waals surface area contributed by atoms with Crippen LogP contribution in [0.25, 0.3) is 11.3 Å². The van der Waals surface area contributed by atoms with Gasteiger partial charge in [-0.25, -0.2) is 9.18 Å². The average molecular weight is 303 g/mol. The monoisotopic (exact) mass is 303 g/mol. The molecule has 1 aliphatic rings. The van der Waals surface area contributed by atoms with E-state index in [0.717, 1.165) is 22.5 Å². The Morgan fingerprint density at radius 3 is 2.77 bits per heavy atom. The fraction of sp³-hybridized carbons (Fsp3) is 0.312. The normalized spacial score (nSPS) is 12.7. The lowest BCUT2D eigenvalue weighted by molar-refractivity contribution is 0.0600. The summed E-state index contributed by atoms with van der Waals surface area (Å²) in [6.45, 7) is 0.558. The van der Waals surface area contributed by atoms with Crippen LogP contribution in [0.3, 0.4) is 0 Å². The maximum atomic E-state index is 13.7. The molecule has 1 N–H and O–H groups in total. The molecule has 1 aromatic heterocycles. The maximum absolute atomic E-state index is 13.7. The number of hydrogen-bond acceptors (Lipinski definition) is 4. The Bertz CT molecular complexity index is 752. The Hall–Kier alpha value is -2.50. The Kier molecular flexibility index (Phi) is 3.31. The van der Waals surface area contributed by atoms with Gasteiger partial charge >= 0.3 is 5.97 Å². The molecular formula is C16H18FN3O2. The number of fused-ring (bicyclic) bond motifs is 3. The number of rotatable bonds is 2. The van der Waals surface area contributed by atoms with Gasteiger partial charge in [-0.2, -0.15) is 0 Å². The molecule has 0 amide bonds. The third-order valence-corrected chi connectivity index (χ3v) is 3.95. The van der Waals surface area contributed by atoms with Gasteiger partial charge in [-0.05, 0) is 18.2 Å². The third kappa shape index (κ3) is 2.03. The van der Waals surface area contributed by atoms with Crippen LogP contribution >= 0.6 is 0 Å². The fourth-order valence-corrected chi connectivity index (χ4v) is 2.93. The zero-order valence-electron chi connectivity index (χ0n) is 13.0. The van der Waals surface area contributed by atoms with Crippen molar-refractivity contribution in [3.8, 4) is 11.3 Å². The topological polar surface area (TPSA) is 48.6 Å². The van der Waals surface area contributed by atoms with Crippen LogP contribution in [-0.4, -0.2) is 39.2 Å². The highest BCUT2D eigenvalue weighted by atomic mass is 19.1. The second-order valence-electron chi connectivity index (χ2n) is 5.61. The molecule has 0 aliphatic carbocycles. The van der Waals surface area contributed by atoms with Gasteiger partial charge in [0.1, 0.15) is 17.2 Å². The van der Waals surface area contributed by atoms with Gasteiger partial charge in [-0.3, -0.25) is 0 Å². The van der Waals surface area contributed by atoms with Gasteiger partial charge in [0.2, 0.25) is 0 Å². The molecule has 3 rings (SSSR count). The summed E-state index contributed by atoms with van der Waals surface area (Å²) in [5, 5.41) is 0. The van der Waals surface area contributed by atoms with Crippen LogP contribution in [0.2, 0.25) is 0 Å². The number of benzene rings is 1. The van der Waals surface area contributed by atoms with E-state index in [9.17, 15) is 9.18 Å². The first-order valence-corrected chi connectivity index (χ1v) is 6.95. The minimum Gasteiger partial charge on any atom is -0.465 e. The van der Waals surface area contributed by atoms with Crippen molar-refractivity contribution in [3.05, 3.63) is 35.1 Å². The Balaban J connectivity index is 2.30. The highest BCUT2D eigenvalue weighted by Gasteiger charge is 2.31. The van der Waals surface area contributed by atoms with Gasteiger partial charge in [0.25, 0.3) is 0 Å². The number of methoxy groups -OCH3 is 1. The zero-order chi connectivity index (χ0) is 16.0. The first-order valence-electron chi connectivity index (χ1n) is 6.95. The number of nitrogens with one attached hydrogen (secondary N) is 1. The minimum absolute atomic E-state index is 0.305. The smallest absolute Gasteiger partial charge is 0.341 e. The highest BCUT2D eigenvalue weighted by molar-refractivity contribution is 6.01. The number of carbonyl (C=O) groups excluding carboxylic acids is 1. The summed E-state index contributed by atoms with van der Waals surface area (Å²) in [6.07, 6.45) is 0. The van der Waals surface area contributed by atoms with Crippen LogP contribution in [0, 0.1) is 5.82 Å². The number of halogens is 1. The number of nitrogens with zero attached hydrogens (tertiary/aromatic N) is 2. The number of hydrogen-bond donors (Lipinski definition) is 1. The fourth-order valence-electron chi connectivity index (χ4n) is 2.93. The van der Waals surface area contributed by atoms with E-state index in [2.05, 4.69) is 4.98 Å². The summed E-state index contributed by atoms with van der Waals surface area (Å²) < 4.78 is 18.6. The number of aromatic amines is 1. The van der Waals surface area contributed by atoms with Crippen molar-refractivity contribution in [3.63, 3.8) is 0 Å². The molecule has 0 radical (unpaired) electrons. The van der Waals surface area contributed by atoms with Crippen LogP contribution in [-0.2, 0) is 11.3 Å². The number of ether oxygens (including phenoxy) is 1. The number of aromatic nitrogens is 1. The molecule has 2 aromatic rings. The summed E-state index contributed by atoms with van der Waals surface area (Å²) in [7, 11) is 6.98. The van der Waals surface area contributed by atoms with Crippen molar-refractivity contribution in [2.24, 2.45) is 0 Å². The lowest BCUT2D eigenvalue weighted by Gasteiger charge is -2.28. The van der Waals surface area contributed by atoms with Crippen molar-refractivity contribution in [1.82, 2.24) is 4.98 Å². The summed E-state index contributed by atoms with van der Waals surface area (Å²) in [4.78, 5) is 19.3. The van der Waals surface area contributed by atoms with E-state index in [4.69, 9.17) is 4.74 Å². The first kappa shape index (κ1) is 14.4. The van der Waals surface area contributed by atoms with Gasteiger partial charge in [0.05, 0.1) is 12.8 Å². The molecule has 0 saturated carbocycles. The second-order valence-corrected chi connectivity index (χ2v) is 5.61. The predicted octanol–water partition coefficient (Wildman–Crippen LogP) is 2.62. The van der Waals surface area contributed by atoms with Crippen molar-refractivity contribution < 1.29 is 13.9 Å². The molecule has 22 heavy (non-hydrogen) atoms. The van der Waals surface area contributed by atoms with E-state index in [1.54, 1.807) is 6.07 Å². The summed E-state index contributed by atoms with van der Waals surface area (Å²) in [5.41, 5.74) is 3.79. The molecule has 0 fully saturated rings. The molecule has 0 bridgehead atoms. The quantitative estimate of drug-likeness (QED) is 0.867. The number of anilines is 2. The first-order chi connectivity index (χ1) is 10.4. The molecule has 116 valence electrons. The van der Waals surface area contributed by atoms with Crippen LogP contribution in [0.4, 0.5) is 15.9 Å². The molecule has 1 aromatic carbocycles. The Labute approximate surface area is 128 Å². The molecule has 5 nitrogen and oxygen atoms in total. The molecule has 0 spiro atoms. The Morgan fingerprint density at radius 1 is 1.41 bits per heavy atom. The summed E-state index contributed by atoms with van der Waals surface area (Å²) in [6, 6.07) is 4.68. The summed E-state index contributed by atoms with van der Waals surface area (Å²) in [5.74, 6) is -0.0302. The standard InChI is InChI=1S/C16H18FN3O2/c1-19(2)15-13(16(21)22-4)11-8-20(3)12-6-5-9(17)7-10(12)14(11)18-15/h5-7,18H,8H2,1-4H3. The van der Waals surface area contributed by atoms with Gasteiger partial charge in [-0.15, -0.1) is 0 Å². The molecule has 0 atom stereocenters.